The minimum Gasteiger partial charge on any atom is -0.504 e. The second kappa shape index (κ2) is 5.39. The van der Waals surface area contributed by atoms with Gasteiger partial charge in [-0.2, -0.15) is 0 Å². The van der Waals surface area contributed by atoms with E-state index in [-0.39, 0.29) is 5.75 Å². The van der Waals surface area contributed by atoms with E-state index in [1.165, 1.54) is 31.7 Å². The Hall–Kier alpha value is -1.26. The molecular weight excluding hydrogens is 240 g/mol. The summed E-state index contributed by atoms with van der Waals surface area (Å²) in [7, 11) is 0. The lowest BCUT2D eigenvalue weighted by atomic mass is 10.0. The number of rotatable bonds is 4. The number of likely N-dealkylation sites (tertiary alicyclic amines) is 1. The monoisotopic (exact) mass is 262 g/mol. The molecule has 0 bridgehead atoms. The van der Waals surface area contributed by atoms with Gasteiger partial charge in [0.15, 0.2) is 11.5 Å². The highest BCUT2D eigenvalue weighted by atomic mass is 16.5. The molecule has 2 aliphatic rings. The van der Waals surface area contributed by atoms with Gasteiger partial charge in [0.1, 0.15) is 0 Å². The first-order valence-electron chi connectivity index (χ1n) is 7.14. The Balaban J connectivity index is 1.65. The number of nitrogens with zero attached hydrogens (tertiary/aromatic N) is 1. The van der Waals surface area contributed by atoms with E-state index in [1.54, 1.807) is 6.07 Å². The van der Waals surface area contributed by atoms with Gasteiger partial charge in [-0.25, -0.2) is 0 Å². The van der Waals surface area contributed by atoms with Gasteiger partial charge in [-0.3, -0.25) is 4.90 Å². The van der Waals surface area contributed by atoms with Crippen LogP contribution in [-0.4, -0.2) is 42.8 Å². The van der Waals surface area contributed by atoms with Gasteiger partial charge >= 0.3 is 0 Å². The molecule has 0 aromatic heterocycles. The van der Waals surface area contributed by atoms with Crippen LogP contribution < -0.4 is 10.1 Å². The maximum absolute atomic E-state index is 9.71. The van der Waals surface area contributed by atoms with Gasteiger partial charge in [0.2, 0.25) is 0 Å². The summed E-state index contributed by atoms with van der Waals surface area (Å²) < 4.78 is 5.44. The van der Waals surface area contributed by atoms with E-state index in [1.807, 2.05) is 19.1 Å². The van der Waals surface area contributed by atoms with Crippen LogP contribution in [0.5, 0.6) is 11.5 Å². The number of fused-ring (bicyclic) bond motifs is 1. The number of benzene rings is 1. The van der Waals surface area contributed by atoms with Gasteiger partial charge in [0.25, 0.3) is 0 Å². The third-order valence-electron chi connectivity index (χ3n) is 4.20. The van der Waals surface area contributed by atoms with Crippen molar-refractivity contribution in [2.45, 2.75) is 13.5 Å². The summed E-state index contributed by atoms with van der Waals surface area (Å²) in [6.07, 6.45) is 0. The Kier molecular flexibility index (Phi) is 3.62. The number of nitrogens with one attached hydrogen (secondary N) is 1. The predicted octanol–water partition coefficient (Wildman–Crippen LogP) is 1.44. The van der Waals surface area contributed by atoms with Gasteiger partial charge < -0.3 is 15.2 Å². The lowest BCUT2D eigenvalue weighted by Gasteiger charge is -2.17. The highest BCUT2D eigenvalue weighted by molar-refractivity contribution is 5.41. The van der Waals surface area contributed by atoms with Gasteiger partial charge in [0, 0.05) is 19.6 Å². The SMILES string of the molecule is CCOc1cc(CN2CC3CNCC3C2)ccc1O. The molecule has 0 amide bonds. The summed E-state index contributed by atoms with van der Waals surface area (Å²) in [4.78, 5) is 2.51. The van der Waals surface area contributed by atoms with Crippen molar-refractivity contribution in [3.63, 3.8) is 0 Å². The van der Waals surface area contributed by atoms with Gasteiger partial charge in [-0.05, 0) is 49.5 Å². The van der Waals surface area contributed by atoms with Crippen molar-refractivity contribution in [1.29, 1.82) is 0 Å². The van der Waals surface area contributed by atoms with Crippen LogP contribution in [0, 0.1) is 11.8 Å². The molecule has 2 fully saturated rings. The summed E-state index contributed by atoms with van der Waals surface area (Å²) in [6.45, 7) is 8.16. The zero-order valence-electron chi connectivity index (χ0n) is 11.4. The molecule has 104 valence electrons. The Morgan fingerprint density at radius 3 is 2.74 bits per heavy atom. The molecule has 2 unspecified atom stereocenters. The molecule has 0 radical (unpaired) electrons. The normalized spacial score (nSPS) is 26.6. The summed E-state index contributed by atoms with van der Waals surface area (Å²) in [5.74, 6) is 2.47. The zero-order chi connectivity index (χ0) is 13.2. The molecule has 4 nitrogen and oxygen atoms in total. The van der Waals surface area contributed by atoms with Crippen molar-refractivity contribution in [2.75, 3.05) is 32.8 Å². The molecule has 1 aromatic carbocycles. The molecule has 0 aliphatic carbocycles. The summed E-state index contributed by atoms with van der Waals surface area (Å²) >= 11 is 0. The number of phenolic OH excluding ortho intramolecular Hbond substituents is 1. The molecule has 3 rings (SSSR count). The maximum Gasteiger partial charge on any atom is 0.161 e. The van der Waals surface area contributed by atoms with E-state index < -0.39 is 0 Å². The second-order valence-electron chi connectivity index (χ2n) is 5.61. The molecule has 0 spiro atoms. The van der Waals surface area contributed by atoms with Crippen LogP contribution in [0.1, 0.15) is 12.5 Å². The van der Waals surface area contributed by atoms with Crippen molar-refractivity contribution >= 4 is 0 Å². The summed E-state index contributed by atoms with van der Waals surface area (Å²) in [5, 5.41) is 13.2. The van der Waals surface area contributed by atoms with E-state index >= 15 is 0 Å². The minimum absolute atomic E-state index is 0.230. The standard InChI is InChI=1S/C15H22N2O2/c1-2-19-15-5-11(3-4-14(15)18)8-17-9-12-6-16-7-13(12)10-17/h3-5,12-13,16,18H,2,6-10H2,1H3. The molecule has 0 saturated carbocycles. The molecule has 2 saturated heterocycles. The topological polar surface area (TPSA) is 44.7 Å². The van der Waals surface area contributed by atoms with Crippen LogP contribution in [0.3, 0.4) is 0 Å². The summed E-state index contributed by atoms with van der Waals surface area (Å²) in [6, 6.07) is 5.69. The molecule has 4 heteroatoms. The lowest BCUT2D eigenvalue weighted by Crippen LogP contribution is -2.25. The van der Waals surface area contributed by atoms with Crippen LogP contribution in [0.2, 0.25) is 0 Å². The predicted molar refractivity (Wildman–Crippen MR) is 74.4 cm³/mol. The molecule has 2 N–H and O–H groups in total. The zero-order valence-corrected chi connectivity index (χ0v) is 11.4. The highest BCUT2D eigenvalue weighted by Crippen LogP contribution is 2.30. The van der Waals surface area contributed by atoms with Crippen LogP contribution in [0.25, 0.3) is 0 Å². The van der Waals surface area contributed by atoms with Crippen LogP contribution in [0.4, 0.5) is 0 Å². The Labute approximate surface area is 114 Å². The third-order valence-corrected chi connectivity index (χ3v) is 4.20. The smallest absolute Gasteiger partial charge is 0.161 e. The van der Waals surface area contributed by atoms with Gasteiger partial charge in [-0.15, -0.1) is 0 Å². The van der Waals surface area contributed by atoms with E-state index in [0.717, 1.165) is 18.4 Å². The molecule has 19 heavy (non-hydrogen) atoms. The van der Waals surface area contributed by atoms with E-state index in [4.69, 9.17) is 4.74 Å². The Morgan fingerprint density at radius 1 is 1.32 bits per heavy atom. The lowest BCUT2D eigenvalue weighted by molar-refractivity contribution is 0.300. The fraction of sp³-hybridized carbons (Fsp3) is 0.600. The third kappa shape index (κ3) is 2.69. The van der Waals surface area contributed by atoms with Crippen LogP contribution in [-0.2, 0) is 6.54 Å². The van der Waals surface area contributed by atoms with Crippen molar-refractivity contribution < 1.29 is 9.84 Å². The first kappa shape index (κ1) is 12.8. The molecule has 2 aliphatic heterocycles. The quantitative estimate of drug-likeness (QED) is 0.862. The molecule has 2 atom stereocenters. The number of hydrogen-bond acceptors (Lipinski definition) is 4. The van der Waals surface area contributed by atoms with E-state index in [9.17, 15) is 5.11 Å². The summed E-state index contributed by atoms with van der Waals surface area (Å²) in [5.41, 5.74) is 1.22. The van der Waals surface area contributed by atoms with Crippen molar-refractivity contribution in [3.05, 3.63) is 23.8 Å². The van der Waals surface area contributed by atoms with Crippen LogP contribution >= 0.6 is 0 Å². The Bertz CT molecular complexity index is 438. The molecule has 1 aromatic rings. The van der Waals surface area contributed by atoms with Crippen molar-refractivity contribution in [1.82, 2.24) is 10.2 Å². The number of ether oxygens (including phenoxy) is 1. The average molecular weight is 262 g/mol. The van der Waals surface area contributed by atoms with E-state index in [2.05, 4.69) is 10.2 Å². The number of hydrogen-bond donors (Lipinski definition) is 2. The highest BCUT2D eigenvalue weighted by Gasteiger charge is 2.35. The Morgan fingerprint density at radius 2 is 2.05 bits per heavy atom. The fourth-order valence-corrected chi connectivity index (χ4v) is 3.27. The number of aromatic hydroxyl groups is 1. The van der Waals surface area contributed by atoms with Crippen molar-refractivity contribution in [2.24, 2.45) is 11.8 Å². The largest absolute Gasteiger partial charge is 0.504 e. The second-order valence-corrected chi connectivity index (χ2v) is 5.61. The van der Waals surface area contributed by atoms with Crippen molar-refractivity contribution in [3.8, 4) is 11.5 Å². The average Bonchev–Trinajstić information content (AvgIpc) is 2.94. The van der Waals surface area contributed by atoms with Crippen LogP contribution in [0.15, 0.2) is 18.2 Å². The molecular formula is C15H22N2O2. The number of phenols is 1. The maximum atomic E-state index is 9.71. The fourth-order valence-electron chi connectivity index (χ4n) is 3.27. The first-order chi connectivity index (χ1) is 9.26. The minimum atomic E-state index is 0.230. The van der Waals surface area contributed by atoms with E-state index in [0.29, 0.717) is 12.4 Å². The first-order valence-corrected chi connectivity index (χ1v) is 7.14. The van der Waals surface area contributed by atoms with Gasteiger partial charge in [0.05, 0.1) is 6.61 Å². The van der Waals surface area contributed by atoms with Gasteiger partial charge in [-0.1, -0.05) is 6.07 Å². The molecule has 2 heterocycles.